The van der Waals surface area contributed by atoms with Crippen molar-refractivity contribution in [2.24, 2.45) is 11.8 Å². The molecule has 2 aliphatic carbocycles. The minimum atomic E-state index is 0.110. The van der Waals surface area contributed by atoms with E-state index in [1.165, 1.54) is 23.3 Å². The molecule has 0 aromatic carbocycles. The first-order chi connectivity index (χ1) is 9.72. The molecule has 3 nitrogen and oxygen atoms in total. The fourth-order valence-corrected chi connectivity index (χ4v) is 4.41. The van der Waals surface area contributed by atoms with Crippen molar-refractivity contribution >= 4 is 22.2 Å². The molecule has 106 valence electrons. The molecule has 1 atom stereocenters. The lowest BCUT2D eigenvalue weighted by atomic mass is 9.84. The monoisotopic (exact) mass is 288 g/mol. The van der Waals surface area contributed by atoms with Gasteiger partial charge in [0, 0.05) is 10.8 Å². The normalized spacial score (nSPS) is 21.7. The molecule has 2 aliphatic rings. The number of carbonyl (C=O) groups excluding carboxylic acids is 1. The number of amides is 1. The van der Waals surface area contributed by atoms with E-state index < -0.39 is 0 Å². The van der Waals surface area contributed by atoms with Crippen LogP contribution >= 0.6 is 11.3 Å². The summed E-state index contributed by atoms with van der Waals surface area (Å²) in [7, 11) is 0. The fourth-order valence-electron chi connectivity index (χ4n) is 3.09. The van der Waals surface area contributed by atoms with Crippen molar-refractivity contribution in [2.75, 3.05) is 5.32 Å². The van der Waals surface area contributed by atoms with Crippen LogP contribution in [-0.4, -0.2) is 5.91 Å². The van der Waals surface area contributed by atoms with Crippen molar-refractivity contribution in [1.29, 1.82) is 5.26 Å². The Labute approximate surface area is 124 Å². The maximum Gasteiger partial charge on any atom is 0.228 e. The smallest absolute Gasteiger partial charge is 0.228 e. The maximum absolute atomic E-state index is 12.1. The molecule has 1 N–H and O–H groups in total. The summed E-state index contributed by atoms with van der Waals surface area (Å²) < 4.78 is 0. The molecule has 1 aromatic heterocycles. The van der Waals surface area contributed by atoms with Gasteiger partial charge in [-0.15, -0.1) is 11.3 Å². The van der Waals surface area contributed by atoms with E-state index >= 15 is 0 Å². The van der Waals surface area contributed by atoms with Crippen LogP contribution in [0.3, 0.4) is 0 Å². The predicted octanol–water partition coefficient (Wildman–Crippen LogP) is 3.87. The Bertz CT molecular complexity index is 566. The highest BCUT2D eigenvalue weighted by Crippen LogP contribution is 2.40. The van der Waals surface area contributed by atoms with Gasteiger partial charge in [-0.1, -0.05) is 19.8 Å². The third-order valence-electron chi connectivity index (χ3n) is 4.77. The summed E-state index contributed by atoms with van der Waals surface area (Å²) >= 11 is 1.63. The van der Waals surface area contributed by atoms with Crippen LogP contribution in [0.15, 0.2) is 0 Å². The first kappa shape index (κ1) is 13.6. The van der Waals surface area contributed by atoms with Crippen molar-refractivity contribution in [3.63, 3.8) is 0 Å². The van der Waals surface area contributed by atoms with Crippen molar-refractivity contribution in [3.05, 3.63) is 16.0 Å². The molecule has 0 radical (unpaired) electrons. The number of nitrogens with one attached hydrogen (secondary N) is 1. The second-order valence-corrected chi connectivity index (χ2v) is 7.06. The largest absolute Gasteiger partial charge is 0.316 e. The zero-order valence-corrected chi connectivity index (χ0v) is 12.7. The van der Waals surface area contributed by atoms with Crippen LogP contribution < -0.4 is 5.32 Å². The van der Waals surface area contributed by atoms with E-state index in [0.717, 1.165) is 48.6 Å². The molecule has 4 heteroatoms. The molecule has 3 rings (SSSR count). The molecule has 0 saturated heterocycles. The number of hydrogen-bond donors (Lipinski definition) is 1. The van der Waals surface area contributed by atoms with Crippen molar-refractivity contribution in [3.8, 4) is 6.07 Å². The average molecular weight is 288 g/mol. The summed E-state index contributed by atoms with van der Waals surface area (Å²) in [6.45, 7) is 2.23. The highest BCUT2D eigenvalue weighted by atomic mass is 32.1. The van der Waals surface area contributed by atoms with E-state index in [9.17, 15) is 10.1 Å². The summed E-state index contributed by atoms with van der Waals surface area (Å²) in [6, 6.07) is 2.31. The van der Waals surface area contributed by atoms with Gasteiger partial charge in [0.15, 0.2) is 0 Å². The molecule has 0 spiro atoms. The third kappa shape index (κ3) is 2.35. The molecule has 20 heavy (non-hydrogen) atoms. The van der Waals surface area contributed by atoms with Gasteiger partial charge in [-0.25, -0.2) is 0 Å². The molecule has 1 aromatic rings. The molecule has 1 heterocycles. The lowest BCUT2D eigenvalue weighted by molar-refractivity contribution is -0.122. The predicted molar refractivity (Wildman–Crippen MR) is 80.8 cm³/mol. The number of anilines is 1. The van der Waals surface area contributed by atoms with E-state index in [1.807, 2.05) is 0 Å². The third-order valence-corrected chi connectivity index (χ3v) is 5.94. The molecule has 0 bridgehead atoms. The second-order valence-electron chi connectivity index (χ2n) is 5.95. The number of fused-ring (bicyclic) bond motifs is 1. The highest BCUT2D eigenvalue weighted by Gasteiger charge is 2.29. The van der Waals surface area contributed by atoms with Crippen LogP contribution in [0.4, 0.5) is 5.00 Å². The highest BCUT2D eigenvalue weighted by molar-refractivity contribution is 7.16. The number of carbonyl (C=O) groups is 1. The number of nitrogens with zero attached hydrogens (tertiary/aromatic N) is 1. The van der Waals surface area contributed by atoms with Crippen LogP contribution in [0.2, 0.25) is 0 Å². The van der Waals surface area contributed by atoms with Crippen molar-refractivity contribution in [1.82, 2.24) is 0 Å². The standard InChI is InChI=1S/C16H20N2OS/c1-2-10-6-7-12-13(9-17)16(20-14(12)8-10)18-15(19)11-4-3-5-11/h10-11H,2-8H2,1H3,(H,18,19)/t10-/m0/s1. The van der Waals surface area contributed by atoms with E-state index in [4.69, 9.17) is 0 Å². The van der Waals surface area contributed by atoms with Gasteiger partial charge in [-0.2, -0.15) is 5.26 Å². The minimum absolute atomic E-state index is 0.110. The number of nitriles is 1. The molecule has 0 aliphatic heterocycles. The van der Waals surface area contributed by atoms with Gasteiger partial charge in [0.05, 0.1) is 5.56 Å². The summed E-state index contributed by atoms with van der Waals surface area (Å²) in [6.07, 6.45) is 7.58. The van der Waals surface area contributed by atoms with Crippen LogP contribution in [0, 0.1) is 23.2 Å². The number of hydrogen-bond acceptors (Lipinski definition) is 3. The van der Waals surface area contributed by atoms with Crippen LogP contribution in [-0.2, 0) is 17.6 Å². The van der Waals surface area contributed by atoms with E-state index in [1.54, 1.807) is 11.3 Å². The van der Waals surface area contributed by atoms with E-state index in [0.29, 0.717) is 0 Å². The van der Waals surface area contributed by atoms with E-state index in [2.05, 4.69) is 18.3 Å². The molecule has 0 unspecified atom stereocenters. The maximum atomic E-state index is 12.1. The number of rotatable bonds is 3. The van der Waals surface area contributed by atoms with Gasteiger partial charge < -0.3 is 5.32 Å². The summed E-state index contributed by atoms with van der Waals surface area (Å²) in [5, 5.41) is 13.2. The molecular formula is C16H20N2OS. The zero-order chi connectivity index (χ0) is 14.1. The fraction of sp³-hybridized carbons (Fsp3) is 0.625. The van der Waals surface area contributed by atoms with Crippen LogP contribution in [0.1, 0.15) is 55.0 Å². The zero-order valence-electron chi connectivity index (χ0n) is 11.9. The second kappa shape index (κ2) is 5.57. The van der Waals surface area contributed by atoms with Crippen molar-refractivity contribution in [2.45, 2.75) is 51.9 Å². The van der Waals surface area contributed by atoms with Gasteiger partial charge in [0.25, 0.3) is 0 Å². The van der Waals surface area contributed by atoms with Gasteiger partial charge >= 0.3 is 0 Å². The van der Waals surface area contributed by atoms with Gasteiger partial charge in [-0.3, -0.25) is 4.79 Å². The first-order valence-electron chi connectivity index (χ1n) is 7.58. The Kier molecular flexibility index (Phi) is 3.80. The summed E-state index contributed by atoms with van der Waals surface area (Å²) in [5.41, 5.74) is 1.93. The van der Waals surface area contributed by atoms with Crippen molar-refractivity contribution < 1.29 is 4.79 Å². The first-order valence-corrected chi connectivity index (χ1v) is 8.40. The topological polar surface area (TPSA) is 52.9 Å². The van der Waals surface area contributed by atoms with Crippen LogP contribution in [0.5, 0.6) is 0 Å². The minimum Gasteiger partial charge on any atom is -0.316 e. The SMILES string of the molecule is CC[C@H]1CCc2c(sc(NC(=O)C3CCC3)c2C#N)C1. The average Bonchev–Trinajstić information content (AvgIpc) is 2.72. The molecule has 1 fully saturated rings. The molecule has 1 amide bonds. The Balaban J connectivity index is 1.82. The van der Waals surface area contributed by atoms with Crippen LogP contribution in [0.25, 0.3) is 0 Å². The Hall–Kier alpha value is -1.34. The lowest BCUT2D eigenvalue weighted by Gasteiger charge is -2.23. The van der Waals surface area contributed by atoms with Gasteiger partial charge in [0.1, 0.15) is 11.1 Å². The molecular weight excluding hydrogens is 268 g/mol. The number of thiophene rings is 1. The summed E-state index contributed by atoms with van der Waals surface area (Å²) in [4.78, 5) is 13.4. The Morgan fingerprint density at radius 3 is 2.85 bits per heavy atom. The van der Waals surface area contributed by atoms with Gasteiger partial charge in [0.2, 0.25) is 5.91 Å². The lowest BCUT2D eigenvalue weighted by Crippen LogP contribution is -2.27. The summed E-state index contributed by atoms with van der Waals surface area (Å²) in [5.74, 6) is 1.02. The Morgan fingerprint density at radius 2 is 2.25 bits per heavy atom. The molecule has 1 saturated carbocycles. The quantitative estimate of drug-likeness (QED) is 0.917. The van der Waals surface area contributed by atoms with Gasteiger partial charge in [-0.05, 0) is 43.6 Å². The van der Waals surface area contributed by atoms with E-state index in [-0.39, 0.29) is 11.8 Å². The Morgan fingerprint density at radius 1 is 1.45 bits per heavy atom.